The van der Waals surface area contributed by atoms with Crippen molar-refractivity contribution in [3.63, 3.8) is 0 Å². The minimum Gasteiger partial charge on any atom is -0.428 e. The molecule has 0 unspecified atom stereocenters. The lowest BCUT2D eigenvalue weighted by Crippen LogP contribution is -1.84. The van der Waals surface area contributed by atoms with Crippen LogP contribution in [0.25, 0.3) is 0 Å². The third-order valence-electron chi connectivity index (χ3n) is 0.665. The second-order valence-corrected chi connectivity index (χ2v) is 2.29. The van der Waals surface area contributed by atoms with E-state index in [1.807, 2.05) is 0 Å². The number of hydrogen-bond donors (Lipinski definition) is 0. The molecule has 0 saturated carbocycles. The van der Waals surface area contributed by atoms with Gasteiger partial charge < -0.3 is 4.74 Å². The minimum atomic E-state index is 0.611. The number of hydrogen-bond acceptors (Lipinski definition) is 2. The van der Waals surface area contributed by atoms with Crippen LogP contribution >= 0.6 is 0 Å². The monoisotopic (exact) mass is 115 g/mol. The zero-order chi connectivity index (χ0) is 5.54. The van der Waals surface area contributed by atoms with Crippen LogP contribution in [0.5, 0.6) is 0 Å². The third kappa shape index (κ3) is 5.51. The van der Waals surface area contributed by atoms with E-state index >= 15 is 0 Å². The Hall–Kier alpha value is -0.493. The minimum absolute atomic E-state index is 0.611. The van der Waals surface area contributed by atoms with Gasteiger partial charge in [-0.3, -0.25) is 0 Å². The second-order valence-electron chi connectivity index (χ2n) is 1.29. The molecule has 0 aromatic heterocycles. The molecule has 0 aromatic rings. The second kappa shape index (κ2) is 5.51. The van der Waals surface area contributed by atoms with Gasteiger partial charge in [-0.25, -0.2) is 0 Å². The summed E-state index contributed by atoms with van der Waals surface area (Å²) in [4.78, 5) is 0. The highest BCUT2D eigenvalue weighted by Gasteiger charge is 1.78. The smallest absolute Gasteiger partial charge is 0.286 e. The number of nitriles is 1. The zero-order valence-electron chi connectivity index (χ0n) is 4.48. The number of ether oxygens (including phenoxy) is 1. The van der Waals surface area contributed by atoms with Crippen LogP contribution in [0.4, 0.5) is 0 Å². The van der Waals surface area contributed by atoms with Gasteiger partial charge in [-0.15, -0.1) is 0 Å². The van der Waals surface area contributed by atoms with E-state index in [4.69, 9.17) is 5.26 Å². The lowest BCUT2D eigenvalue weighted by molar-refractivity contribution is 0.271. The van der Waals surface area contributed by atoms with Gasteiger partial charge in [-0.1, -0.05) is 6.04 Å². The van der Waals surface area contributed by atoms with Crippen LogP contribution in [0.1, 0.15) is 6.42 Å². The van der Waals surface area contributed by atoms with Crippen molar-refractivity contribution in [3.8, 4) is 6.26 Å². The molecular formula is C4H9NOSi. The first-order valence-corrected chi connectivity index (χ1v) is 3.84. The average molecular weight is 115 g/mol. The molecule has 0 amide bonds. The van der Waals surface area contributed by atoms with Crippen LogP contribution in [-0.2, 0) is 4.74 Å². The molecule has 0 rings (SSSR count). The van der Waals surface area contributed by atoms with Gasteiger partial charge in [0.05, 0.1) is 0 Å². The fourth-order valence-electron chi connectivity index (χ4n) is 0.262. The molecular weight excluding hydrogens is 106 g/mol. The van der Waals surface area contributed by atoms with Gasteiger partial charge in [0.25, 0.3) is 6.26 Å². The van der Waals surface area contributed by atoms with Crippen LogP contribution in [0.2, 0.25) is 6.04 Å². The summed E-state index contributed by atoms with van der Waals surface area (Å²) >= 11 is 0. The Kier molecular flexibility index (Phi) is 5.12. The highest BCUT2D eigenvalue weighted by atomic mass is 28.1. The fraction of sp³-hybridized carbons (Fsp3) is 0.750. The van der Waals surface area contributed by atoms with Crippen molar-refractivity contribution in [3.05, 3.63) is 0 Å². The summed E-state index contributed by atoms with van der Waals surface area (Å²) < 4.78 is 4.40. The quantitative estimate of drug-likeness (QED) is 0.286. The highest BCUT2D eigenvalue weighted by Crippen LogP contribution is 1.82. The molecule has 0 aliphatic heterocycles. The number of nitrogens with zero attached hydrogens (tertiary/aromatic N) is 1. The van der Waals surface area contributed by atoms with Gasteiger partial charge in [0.2, 0.25) is 0 Å². The van der Waals surface area contributed by atoms with E-state index in [-0.39, 0.29) is 0 Å². The molecule has 0 N–H and O–H groups in total. The average Bonchev–Trinajstić information content (AvgIpc) is 1.69. The van der Waals surface area contributed by atoms with Gasteiger partial charge in [0.1, 0.15) is 6.61 Å². The van der Waals surface area contributed by atoms with Crippen molar-refractivity contribution in [2.75, 3.05) is 6.61 Å². The summed E-state index contributed by atoms with van der Waals surface area (Å²) in [6, 6.07) is 1.22. The maximum Gasteiger partial charge on any atom is 0.286 e. The van der Waals surface area contributed by atoms with E-state index in [1.165, 1.54) is 16.3 Å². The number of rotatable bonds is 3. The fourth-order valence-corrected chi connectivity index (χ4v) is 0.551. The predicted molar refractivity (Wildman–Crippen MR) is 30.9 cm³/mol. The molecule has 2 nitrogen and oxygen atoms in total. The lowest BCUT2D eigenvalue weighted by Gasteiger charge is -1.88. The van der Waals surface area contributed by atoms with E-state index in [1.54, 1.807) is 6.26 Å². The molecule has 0 bridgehead atoms. The van der Waals surface area contributed by atoms with Crippen molar-refractivity contribution >= 4 is 10.2 Å². The van der Waals surface area contributed by atoms with Crippen molar-refractivity contribution in [2.24, 2.45) is 0 Å². The zero-order valence-corrected chi connectivity index (χ0v) is 6.48. The molecule has 0 saturated heterocycles. The topological polar surface area (TPSA) is 33.0 Å². The van der Waals surface area contributed by atoms with E-state index in [2.05, 4.69) is 4.74 Å². The Morgan fingerprint density at radius 2 is 2.43 bits per heavy atom. The standard InChI is InChI=1S/C4H9NOSi/c5-4-6-2-1-3-7/h1-3H2,7H3. The molecule has 0 radical (unpaired) electrons. The van der Waals surface area contributed by atoms with Gasteiger partial charge in [-0.2, -0.15) is 5.26 Å². The largest absolute Gasteiger partial charge is 0.428 e. The molecule has 0 atom stereocenters. The van der Waals surface area contributed by atoms with E-state index in [0.717, 1.165) is 6.42 Å². The van der Waals surface area contributed by atoms with Gasteiger partial charge >= 0.3 is 0 Å². The third-order valence-corrected chi connectivity index (χ3v) is 1.37. The van der Waals surface area contributed by atoms with Crippen molar-refractivity contribution in [2.45, 2.75) is 12.5 Å². The highest BCUT2D eigenvalue weighted by molar-refractivity contribution is 6.08. The Morgan fingerprint density at radius 1 is 1.71 bits per heavy atom. The first-order chi connectivity index (χ1) is 3.41. The lowest BCUT2D eigenvalue weighted by atomic mass is 10.5. The van der Waals surface area contributed by atoms with Crippen molar-refractivity contribution in [1.29, 1.82) is 5.26 Å². The maximum atomic E-state index is 7.83. The van der Waals surface area contributed by atoms with Crippen LogP contribution in [0.15, 0.2) is 0 Å². The Bertz CT molecular complexity index is 68.6. The first kappa shape index (κ1) is 6.51. The Balaban J connectivity index is 2.60. The molecule has 40 valence electrons. The van der Waals surface area contributed by atoms with Crippen LogP contribution in [-0.4, -0.2) is 16.8 Å². The molecule has 0 aliphatic carbocycles. The summed E-state index contributed by atoms with van der Waals surface area (Å²) in [5.74, 6) is 0. The van der Waals surface area contributed by atoms with Crippen LogP contribution < -0.4 is 0 Å². The maximum absolute atomic E-state index is 7.83. The first-order valence-electron chi connectivity index (χ1n) is 2.42. The summed E-state index contributed by atoms with van der Waals surface area (Å²) in [5, 5.41) is 7.83. The summed E-state index contributed by atoms with van der Waals surface area (Å²) in [5.41, 5.74) is 0. The predicted octanol–water partition coefficient (Wildman–Crippen LogP) is -0.342. The van der Waals surface area contributed by atoms with Crippen LogP contribution in [0, 0.1) is 11.5 Å². The van der Waals surface area contributed by atoms with Crippen molar-refractivity contribution in [1.82, 2.24) is 0 Å². The Morgan fingerprint density at radius 3 is 2.86 bits per heavy atom. The summed E-state index contributed by atoms with van der Waals surface area (Å²) in [7, 11) is 1.22. The SMILES string of the molecule is N#COCCC[SiH3]. The van der Waals surface area contributed by atoms with E-state index in [9.17, 15) is 0 Å². The van der Waals surface area contributed by atoms with E-state index in [0.29, 0.717) is 6.61 Å². The Labute approximate surface area is 46.5 Å². The summed E-state index contributed by atoms with van der Waals surface area (Å²) in [6.07, 6.45) is 2.66. The van der Waals surface area contributed by atoms with Gasteiger partial charge in [0.15, 0.2) is 0 Å². The molecule has 3 heteroatoms. The van der Waals surface area contributed by atoms with Gasteiger partial charge in [0, 0.05) is 10.2 Å². The normalized spacial score (nSPS) is 7.86. The molecule has 0 aromatic carbocycles. The van der Waals surface area contributed by atoms with Crippen molar-refractivity contribution < 1.29 is 4.74 Å². The molecule has 0 fully saturated rings. The molecule has 0 aliphatic rings. The molecule has 0 heterocycles. The summed E-state index contributed by atoms with van der Waals surface area (Å²) in [6.45, 7) is 0.611. The molecule has 0 spiro atoms. The molecule has 7 heavy (non-hydrogen) atoms. The van der Waals surface area contributed by atoms with E-state index < -0.39 is 0 Å². The van der Waals surface area contributed by atoms with Crippen LogP contribution in [0.3, 0.4) is 0 Å². The van der Waals surface area contributed by atoms with Gasteiger partial charge in [-0.05, 0) is 6.42 Å².